The number of benzene rings is 2. The molecule has 0 spiro atoms. The fraction of sp³-hybridized carbons (Fsp3) is 0.464. The zero-order valence-corrected chi connectivity index (χ0v) is 20.5. The Morgan fingerprint density at radius 1 is 1.11 bits per heavy atom. The summed E-state index contributed by atoms with van der Waals surface area (Å²) in [5, 5.41) is 12.6. The van der Waals surface area contributed by atoms with Crippen molar-refractivity contribution in [1.82, 2.24) is 10.2 Å². The predicted octanol–water partition coefficient (Wildman–Crippen LogP) is 4.80. The summed E-state index contributed by atoms with van der Waals surface area (Å²) < 4.78 is 5.56. The van der Waals surface area contributed by atoms with Gasteiger partial charge in [-0.2, -0.15) is 0 Å². The van der Waals surface area contributed by atoms with E-state index in [4.69, 9.17) is 4.74 Å². The topological polar surface area (TPSA) is 95.9 Å². The number of nitrogens with zero attached hydrogens (tertiary/aromatic N) is 1. The Balaban J connectivity index is 1.28. The molecule has 7 nitrogen and oxygen atoms in total. The zero-order chi connectivity index (χ0) is 25.0. The maximum absolute atomic E-state index is 13.1. The first kappa shape index (κ1) is 24.8. The van der Waals surface area contributed by atoms with Crippen molar-refractivity contribution in [1.29, 1.82) is 0 Å². The van der Waals surface area contributed by atoms with Crippen LogP contribution >= 0.6 is 0 Å². The van der Waals surface area contributed by atoms with E-state index in [2.05, 4.69) is 29.6 Å². The minimum Gasteiger partial charge on any atom is -0.479 e. The SMILES string of the molecule is CCCC1(C(=O)O)CCCN1C(=O)C(C)CCNC(=O)OCC1c2ccccc2-c2ccccc21. The maximum atomic E-state index is 13.1. The molecule has 2 unspecified atom stereocenters. The van der Waals surface area contributed by atoms with E-state index in [9.17, 15) is 19.5 Å². The van der Waals surface area contributed by atoms with Crippen LogP contribution in [0, 0.1) is 5.92 Å². The lowest BCUT2D eigenvalue weighted by molar-refractivity contribution is -0.158. The zero-order valence-electron chi connectivity index (χ0n) is 20.5. The van der Waals surface area contributed by atoms with E-state index in [-0.39, 0.29) is 25.0 Å². The van der Waals surface area contributed by atoms with Crippen molar-refractivity contribution in [2.24, 2.45) is 5.92 Å². The Morgan fingerprint density at radius 2 is 1.74 bits per heavy atom. The van der Waals surface area contributed by atoms with Gasteiger partial charge < -0.3 is 20.1 Å². The average Bonchev–Trinajstić information content (AvgIpc) is 3.42. The third-order valence-electron chi connectivity index (χ3n) is 7.43. The molecule has 2 aromatic carbocycles. The molecule has 0 saturated carbocycles. The highest BCUT2D eigenvalue weighted by Gasteiger charge is 2.49. The number of rotatable bonds is 9. The molecule has 0 bridgehead atoms. The Kier molecular flexibility index (Phi) is 7.43. The van der Waals surface area contributed by atoms with E-state index in [0.29, 0.717) is 38.6 Å². The van der Waals surface area contributed by atoms with Crippen LogP contribution < -0.4 is 5.32 Å². The van der Waals surface area contributed by atoms with Gasteiger partial charge in [-0.25, -0.2) is 9.59 Å². The Labute approximate surface area is 206 Å². The van der Waals surface area contributed by atoms with Crippen molar-refractivity contribution in [3.05, 3.63) is 59.7 Å². The van der Waals surface area contributed by atoms with Crippen LogP contribution in [0.15, 0.2) is 48.5 Å². The molecule has 1 saturated heterocycles. The van der Waals surface area contributed by atoms with Gasteiger partial charge in [0.05, 0.1) is 0 Å². The van der Waals surface area contributed by atoms with E-state index >= 15 is 0 Å². The molecule has 2 N–H and O–H groups in total. The van der Waals surface area contributed by atoms with E-state index in [1.54, 1.807) is 11.8 Å². The van der Waals surface area contributed by atoms with E-state index < -0.39 is 23.5 Å². The molecule has 7 heteroatoms. The largest absolute Gasteiger partial charge is 0.479 e. The molecule has 1 aliphatic carbocycles. The first-order valence-electron chi connectivity index (χ1n) is 12.5. The van der Waals surface area contributed by atoms with Gasteiger partial charge >= 0.3 is 12.1 Å². The number of carbonyl (C=O) groups is 3. The molecule has 1 fully saturated rings. The second-order valence-corrected chi connectivity index (χ2v) is 9.62. The van der Waals surface area contributed by atoms with E-state index in [1.807, 2.05) is 31.2 Å². The van der Waals surface area contributed by atoms with E-state index in [0.717, 1.165) is 11.1 Å². The summed E-state index contributed by atoms with van der Waals surface area (Å²) in [5.74, 6) is -1.48. The predicted molar refractivity (Wildman–Crippen MR) is 133 cm³/mol. The molecule has 1 aliphatic heterocycles. The van der Waals surface area contributed by atoms with Crippen molar-refractivity contribution in [2.75, 3.05) is 19.7 Å². The van der Waals surface area contributed by atoms with Crippen LogP contribution in [-0.4, -0.2) is 53.2 Å². The van der Waals surface area contributed by atoms with Crippen LogP contribution in [0.4, 0.5) is 4.79 Å². The lowest BCUT2D eigenvalue weighted by Gasteiger charge is -2.36. The Bertz CT molecular complexity index is 1050. The first-order chi connectivity index (χ1) is 16.9. The van der Waals surface area contributed by atoms with Crippen molar-refractivity contribution >= 4 is 18.0 Å². The van der Waals surface area contributed by atoms with Gasteiger partial charge in [-0.05, 0) is 47.9 Å². The van der Waals surface area contributed by atoms with Gasteiger partial charge in [0, 0.05) is 24.9 Å². The van der Waals surface area contributed by atoms with Gasteiger partial charge in [0.1, 0.15) is 12.1 Å². The maximum Gasteiger partial charge on any atom is 0.407 e. The first-order valence-corrected chi connectivity index (χ1v) is 12.5. The lowest BCUT2D eigenvalue weighted by Crippen LogP contribution is -2.54. The third-order valence-corrected chi connectivity index (χ3v) is 7.43. The number of aliphatic carboxylic acids is 1. The summed E-state index contributed by atoms with van der Waals surface area (Å²) in [6.45, 7) is 4.72. The van der Waals surface area contributed by atoms with Crippen LogP contribution in [0.25, 0.3) is 11.1 Å². The second kappa shape index (κ2) is 10.5. The third kappa shape index (κ3) is 4.77. The number of hydrogen-bond donors (Lipinski definition) is 2. The fourth-order valence-corrected chi connectivity index (χ4v) is 5.63. The summed E-state index contributed by atoms with van der Waals surface area (Å²) in [4.78, 5) is 39.0. The van der Waals surface area contributed by atoms with Gasteiger partial charge in [-0.15, -0.1) is 0 Å². The number of carbonyl (C=O) groups excluding carboxylic acids is 2. The van der Waals surface area contributed by atoms with Crippen LogP contribution in [0.5, 0.6) is 0 Å². The molecule has 186 valence electrons. The summed E-state index contributed by atoms with van der Waals surface area (Å²) in [6, 6.07) is 16.3. The quantitative estimate of drug-likeness (QED) is 0.540. The monoisotopic (exact) mass is 478 g/mol. The summed E-state index contributed by atoms with van der Waals surface area (Å²) in [7, 11) is 0. The average molecular weight is 479 g/mol. The molecule has 2 aromatic rings. The molecule has 4 rings (SSSR count). The number of ether oxygens (including phenoxy) is 1. The molecule has 1 heterocycles. The van der Waals surface area contributed by atoms with Gasteiger partial charge in [0.25, 0.3) is 0 Å². The smallest absolute Gasteiger partial charge is 0.407 e. The number of hydrogen-bond acceptors (Lipinski definition) is 4. The molecule has 2 amide bonds. The number of fused-ring (bicyclic) bond motifs is 3. The van der Waals surface area contributed by atoms with Gasteiger partial charge in [-0.3, -0.25) is 4.79 Å². The van der Waals surface area contributed by atoms with Gasteiger partial charge in [-0.1, -0.05) is 68.8 Å². The highest BCUT2D eigenvalue weighted by molar-refractivity contribution is 5.88. The molecule has 2 atom stereocenters. The number of alkyl carbamates (subject to hydrolysis) is 1. The van der Waals surface area contributed by atoms with Crippen LogP contribution in [-0.2, 0) is 14.3 Å². The number of amides is 2. The standard InChI is InChI=1S/C28H34N2O5/c1-3-14-28(26(32)33)15-8-17-30(28)25(31)19(2)13-16-29-27(34)35-18-24-22-11-6-4-9-20(22)21-10-5-7-12-23(21)24/h4-7,9-12,19,24H,3,8,13-18H2,1-2H3,(H,29,34)(H,32,33). The number of carboxylic acids is 1. The molecule has 0 radical (unpaired) electrons. The van der Waals surface area contributed by atoms with Crippen molar-refractivity contribution in [2.45, 2.75) is 57.4 Å². The van der Waals surface area contributed by atoms with Crippen LogP contribution in [0.2, 0.25) is 0 Å². The normalized spacial score (nSPS) is 19.7. The fourth-order valence-electron chi connectivity index (χ4n) is 5.63. The van der Waals surface area contributed by atoms with E-state index in [1.165, 1.54) is 11.1 Å². The second-order valence-electron chi connectivity index (χ2n) is 9.62. The van der Waals surface area contributed by atoms with Crippen molar-refractivity contribution in [3.8, 4) is 11.1 Å². The number of carboxylic acid groups (broad SMARTS) is 1. The Hall–Kier alpha value is -3.35. The lowest BCUT2D eigenvalue weighted by atomic mass is 9.89. The Morgan fingerprint density at radius 3 is 2.34 bits per heavy atom. The van der Waals surface area contributed by atoms with Crippen LogP contribution in [0.3, 0.4) is 0 Å². The number of likely N-dealkylation sites (tertiary alicyclic amines) is 1. The minimum atomic E-state index is -1.10. The summed E-state index contributed by atoms with van der Waals surface area (Å²) in [5.41, 5.74) is 3.56. The molecular formula is C28H34N2O5. The van der Waals surface area contributed by atoms with Gasteiger partial charge in [0.15, 0.2) is 0 Å². The minimum absolute atomic E-state index is 0.00785. The van der Waals surface area contributed by atoms with Gasteiger partial charge in [0.2, 0.25) is 5.91 Å². The van der Waals surface area contributed by atoms with Crippen molar-refractivity contribution < 1.29 is 24.2 Å². The molecular weight excluding hydrogens is 444 g/mol. The highest BCUT2D eigenvalue weighted by atomic mass is 16.5. The molecule has 0 aromatic heterocycles. The molecule has 35 heavy (non-hydrogen) atoms. The van der Waals surface area contributed by atoms with Crippen molar-refractivity contribution in [3.63, 3.8) is 0 Å². The number of nitrogens with one attached hydrogen (secondary N) is 1. The summed E-state index contributed by atoms with van der Waals surface area (Å²) >= 11 is 0. The molecule has 2 aliphatic rings. The summed E-state index contributed by atoms with van der Waals surface area (Å²) in [6.07, 6.45) is 2.25. The van der Waals surface area contributed by atoms with Crippen LogP contribution in [0.1, 0.15) is 63.0 Å². The highest BCUT2D eigenvalue weighted by Crippen LogP contribution is 2.44.